The highest BCUT2D eigenvalue weighted by molar-refractivity contribution is 6.36. The first-order chi connectivity index (χ1) is 16.1. The standard InChI is InChI=1S/C25H25BFN5O/c26-20-15-29-32-23(13-22(31-24(20)32)19-7-3-4-8-21(19)27)28-14-16-9-11-17(12-10-16)25(33)30-18-5-1-2-6-18/h3-4,7-13,15,18,28H,1-2,5-6,14,26H2,(H,30,33). The number of amides is 1. The molecule has 0 atom stereocenters. The maximum absolute atomic E-state index is 14.4. The number of rotatable bonds is 6. The van der Waals surface area contributed by atoms with Crippen LogP contribution in [0.3, 0.4) is 0 Å². The Labute approximate surface area is 192 Å². The molecule has 1 fully saturated rings. The fourth-order valence-corrected chi connectivity index (χ4v) is 4.31. The summed E-state index contributed by atoms with van der Waals surface area (Å²) in [5, 5.41) is 10.9. The van der Waals surface area contributed by atoms with Gasteiger partial charge in [0.2, 0.25) is 0 Å². The van der Waals surface area contributed by atoms with Gasteiger partial charge in [0.05, 0.1) is 5.69 Å². The van der Waals surface area contributed by atoms with Crippen LogP contribution in [0.25, 0.3) is 16.9 Å². The van der Waals surface area contributed by atoms with E-state index in [4.69, 9.17) is 0 Å². The van der Waals surface area contributed by atoms with Crippen LogP contribution in [0.15, 0.2) is 60.8 Å². The molecular formula is C25H25BFN5O. The summed E-state index contributed by atoms with van der Waals surface area (Å²) in [6.45, 7) is 0.527. The minimum Gasteiger partial charge on any atom is -0.366 e. The van der Waals surface area contributed by atoms with Crippen molar-refractivity contribution in [1.82, 2.24) is 19.9 Å². The highest BCUT2D eigenvalue weighted by Crippen LogP contribution is 2.24. The van der Waals surface area contributed by atoms with E-state index in [2.05, 4.69) is 20.7 Å². The topological polar surface area (TPSA) is 71.3 Å². The summed E-state index contributed by atoms with van der Waals surface area (Å²) in [5.41, 5.74) is 4.27. The van der Waals surface area contributed by atoms with Gasteiger partial charge >= 0.3 is 0 Å². The maximum Gasteiger partial charge on any atom is 0.251 e. The van der Waals surface area contributed by atoms with Gasteiger partial charge in [-0.05, 0) is 48.1 Å². The van der Waals surface area contributed by atoms with Crippen molar-refractivity contribution in [1.29, 1.82) is 0 Å². The fourth-order valence-electron chi connectivity index (χ4n) is 4.31. The van der Waals surface area contributed by atoms with Gasteiger partial charge in [-0.1, -0.05) is 37.1 Å². The van der Waals surface area contributed by atoms with Crippen LogP contribution in [0.4, 0.5) is 10.2 Å². The van der Waals surface area contributed by atoms with Gasteiger partial charge in [-0.15, -0.1) is 0 Å². The first kappa shape index (κ1) is 21.2. The van der Waals surface area contributed by atoms with E-state index in [0.717, 1.165) is 29.7 Å². The largest absolute Gasteiger partial charge is 0.366 e. The van der Waals surface area contributed by atoms with Crippen LogP contribution in [0.5, 0.6) is 0 Å². The van der Waals surface area contributed by atoms with Crippen LogP contribution in [-0.2, 0) is 6.54 Å². The number of hydrogen-bond acceptors (Lipinski definition) is 4. The maximum atomic E-state index is 14.4. The van der Waals surface area contributed by atoms with Gasteiger partial charge in [-0.2, -0.15) is 9.61 Å². The summed E-state index contributed by atoms with van der Waals surface area (Å²) in [4.78, 5) is 17.1. The van der Waals surface area contributed by atoms with Crippen LogP contribution in [-0.4, -0.2) is 34.4 Å². The van der Waals surface area contributed by atoms with E-state index in [9.17, 15) is 9.18 Å². The number of benzene rings is 2. The lowest BCUT2D eigenvalue weighted by Gasteiger charge is -2.13. The lowest BCUT2D eigenvalue weighted by atomic mass is 10.0. The van der Waals surface area contributed by atoms with Gasteiger partial charge in [-0.3, -0.25) is 4.79 Å². The Kier molecular flexibility index (Phi) is 5.81. The molecule has 0 saturated heterocycles. The van der Waals surface area contributed by atoms with E-state index in [-0.39, 0.29) is 11.7 Å². The molecule has 1 amide bonds. The van der Waals surface area contributed by atoms with E-state index >= 15 is 0 Å². The molecule has 0 unspecified atom stereocenters. The minimum absolute atomic E-state index is 0.0150. The van der Waals surface area contributed by atoms with Crippen LogP contribution in [0.1, 0.15) is 41.6 Å². The Bertz CT molecular complexity index is 1300. The summed E-state index contributed by atoms with van der Waals surface area (Å²) >= 11 is 0. The second kappa shape index (κ2) is 9.06. The van der Waals surface area contributed by atoms with Crippen molar-refractivity contribution < 1.29 is 9.18 Å². The van der Waals surface area contributed by atoms with Gasteiger partial charge in [0.1, 0.15) is 19.5 Å². The number of carbonyl (C=O) groups excluding carboxylic acids is 1. The molecule has 2 N–H and O–H groups in total. The minimum atomic E-state index is -0.316. The van der Waals surface area contributed by atoms with Crippen molar-refractivity contribution in [2.75, 3.05) is 5.32 Å². The van der Waals surface area contributed by atoms with Gasteiger partial charge in [-0.25, -0.2) is 9.37 Å². The number of fused-ring (bicyclic) bond motifs is 1. The molecule has 166 valence electrons. The molecule has 2 aromatic carbocycles. The van der Waals surface area contributed by atoms with Crippen molar-refractivity contribution in [3.05, 3.63) is 77.7 Å². The number of hydrogen-bond donors (Lipinski definition) is 2. The first-order valence-corrected chi connectivity index (χ1v) is 11.3. The molecule has 5 rings (SSSR count). The molecule has 0 radical (unpaired) electrons. The molecule has 4 aromatic rings. The first-order valence-electron chi connectivity index (χ1n) is 11.3. The Morgan fingerprint density at radius 2 is 1.88 bits per heavy atom. The molecule has 33 heavy (non-hydrogen) atoms. The number of nitrogens with one attached hydrogen (secondary N) is 2. The van der Waals surface area contributed by atoms with Gasteiger partial charge < -0.3 is 10.6 Å². The number of anilines is 1. The quantitative estimate of drug-likeness (QED) is 0.452. The zero-order valence-corrected chi connectivity index (χ0v) is 18.5. The number of nitrogens with zero attached hydrogens (tertiary/aromatic N) is 3. The van der Waals surface area contributed by atoms with Crippen molar-refractivity contribution >= 4 is 30.7 Å². The van der Waals surface area contributed by atoms with E-state index in [0.29, 0.717) is 35.1 Å². The summed E-state index contributed by atoms with van der Waals surface area (Å²) < 4.78 is 16.1. The average Bonchev–Trinajstić information content (AvgIpc) is 3.48. The number of halogens is 1. The number of carbonyl (C=O) groups is 1. The van der Waals surface area contributed by atoms with Crippen LogP contribution < -0.4 is 16.1 Å². The SMILES string of the molecule is Bc1cnn2c(NCc3ccc(C(=O)NC4CCCC4)cc3)cc(-c3ccccc3F)nc12. The van der Waals surface area contributed by atoms with Crippen LogP contribution in [0, 0.1) is 5.82 Å². The van der Waals surface area contributed by atoms with Gasteiger partial charge in [0, 0.05) is 36.0 Å². The molecule has 0 aliphatic heterocycles. The smallest absolute Gasteiger partial charge is 0.251 e. The number of aromatic nitrogens is 3. The highest BCUT2D eigenvalue weighted by Gasteiger charge is 2.18. The molecule has 2 heterocycles. The van der Waals surface area contributed by atoms with Gasteiger partial charge in [0.25, 0.3) is 5.91 Å². The zero-order chi connectivity index (χ0) is 22.8. The Balaban J connectivity index is 1.35. The van der Waals surface area contributed by atoms with E-state index in [1.807, 2.05) is 32.1 Å². The van der Waals surface area contributed by atoms with E-state index in [1.165, 1.54) is 18.9 Å². The molecule has 8 heteroatoms. The summed E-state index contributed by atoms with van der Waals surface area (Å²) in [6.07, 6.45) is 6.25. The average molecular weight is 441 g/mol. The van der Waals surface area contributed by atoms with Crippen LogP contribution >= 0.6 is 0 Å². The van der Waals surface area contributed by atoms with Crippen molar-refractivity contribution in [3.63, 3.8) is 0 Å². The summed E-state index contributed by atoms with van der Waals surface area (Å²) in [7, 11) is 1.93. The molecule has 0 bridgehead atoms. The Morgan fingerprint density at radius 3 is 2.64 bits per heavy atom. The molecule has 2 aromatic heterocycles. The predicted octanol–water partition coefficient (Wildman–Crippen LogP) is 3.08. The third-order valence-electron chi connectivity index (χ3n) is 6.18. The van der Waals surface area contributed by atoms with E-state index in [1.54, 1.807) is 35.0 Å². The molecule has 0 spiro atoms. The van der Waals surface area contributed by atoms with Crippen molar-refractivity contribution in [2.45, 2.75) is 38.3 Å². The molecular weight excluding hydrogens is 416 g/mol. The van der Waals surface area contributed by atoms with Crippen LogP contribution in [0.2, 0.25) is 0 Å². The van der Waals surface area contributed by atoms with Gasteiger partial charge in [0.15, 0.2) is 5.65 Å². The fraction of sp³-hybridized carbons (Fsp3) is 0.240. The summed E-state index contributed by atoms with van der Waals surface area (Å²) in [6, 6.07) is 16.3. The predicted molar refractivity (Wildman–Crippen MR) is 130 cm³/mol. The lowest BCUT2D eigenvalue weighted by Crippen LogP contribution is -2.32. The lowest BCUT2D eigenvalue weighted by molar-refractivity contribution is 0.0938. The molecule has 1 aliphatic carbocycles. The molecule has 1 aliphatic rings. The monoisotopic (exact) mass is 441 g/mol. The van der Waals surface area contributed by atoms with Crippen molar-refractivity contribution in [2.24, 2.45) is 0 Å². The summed E-state index contributed by atoms with van der Waals surface area (Å²) in [5.74, 6) is 0.386. The third kappa shape index (κ3) is 4.46. The van der Waals surface area contributed by atoms with Crippen molar-refractivity contribution in [3.8, 4) is 11.3 Å². The molecule has 6 nitrogen and oxygen atoms in total. The highest BCUT2D eigenvalue weighted by atomic mass is 19.1. The zero-order valence-electron chi connectivity index (χ0n) is 18.5. The second-order valence-corrected chi connectivity index (χ2v) is 8.57. The molecule has 1 saturated carbocycles. The van der Waals surface area contributed by atoms with E-state index < -0.39 is 0 Å². The third-order valence-corrected chi connectivity index (χ3v) is 6.18. The normalized spacial score (nSPS) is 14.0. The Hall–Kier alpha value is -3.68. The Morgan fingerprint density at radius 1 is 1.12 bits per heavy atom. The second-order valence-electron chi connectivity index (χ2n) is 8.57.